The van der Waals surface area contributed by atoms with E-state index in [0.29, 0.717) is 28.8 Å². The van der Waals surface area contributed by atoms with Crippen molar-refractivity contribution in [3.63, 3.8) is 0 Å². The summed E-state index contributed by atoms with van der Waals surface area (Å²) in [5.41, 5.74) is 5.85. The SMILES string of the molecule is COc1cc2c(cc1OCc1cc(COc3cc4c(cc3OC)C(=O)N3Cc5ccccc5C[C@H]3[C@H](O)N4C(=O)OCc3ccc(OC4OC(COC(C)=O)C(OC(C)=O)C(OC(C)=O)[C@H]4OC(C)=O)cc3)cc(CN(C)C)c1)N(C(=O)OCc1ccc(OC3OC(COC(C)=O)C(OC(C)=O)C(OC(C)=O)[C@H]3OC(C)=O)cc1)C(O)[C@@H]1Cc3ccccc3CN1C2=O. The molecule has 2 fully saturated rings. The fourth-order valence-corrected chi connectivity index (χ4v) is 16.2. The third kappa shape index (κ3) is 21.5. The molecule has 4 amide bonds. The molecule has 2 saturated heterocycles. The van der Waals surface area contributed by atoms with E-state index in [1.165, 1.54) is 96.8 Å². The van der Waals surface area contributed by atoms with Crippen LogP contribution in [0.15, 0.2) is 140 Å². The Balaban J connectivity index is 0.753. The van der Waals surface area contributed by atoms with E-state index in [0.717, 1.165) is 93.0 Å². The monoisotopic (exact) mass is 1770 g/mol. The number of carbonyl (C=O) groups is 12. The summed E-state index contributed by atoms with van der Waals surface area (Å²) in [7, 11) is 6.53. The molecule has 37 nitrogen and oxygen atoms in total. The highest BCUT2D eigenvalue weighted by atomic mass is 16.8. The van der Waals surface area contributed by atoms with Gasteiger partial charge in [0, 0.05) is 87.2 Å². The number of rotatable bonds is 28. The molecule has 0 aliphatic carbocycles. The van der Waals surface area contributed by atoms with Gasteiger partial charge in [0.2, 0.25) is 24.8 Å². The summed E-state index contributed by atoms with van der Waals surface area (Å²) >= 11 is 0. The third-order valence-corrected chi connectivity index (χ3v) is 21.6. The van der Waals surface area contributed by atoms with Crippen molar-refractivity contribution in [3.8, 4) is 34.5 Å². The van der Waals surface area contributed by atoms with E-state index >= 15 is 19.2 Å². The fourth-order valence-electron chi connectivity index (χ4n) is 16.2. The molecule has 13 rings (SSSR count). The minimum Gasteiger partial charge on any atom is -0.493 e. The van der Waals surface area contributed by atoms with Crippen molar-refractivity contribution in [2.75, 3.05) is 51.3 Å². The van der Waals surface area contributed by atoms with E-state index in [9.17, 15) is 48.6 Å². The summed E-state index contributed by atoms with van der Waals surface area (Å²) in [6.07, 6.45) is -20.0. The summed E-state index contributed by atoms with van der Waals surface area (Å²) in [6, 6.07) is 36.2. The largest absolute Gasteiger partial charge is 0.493 e. The standard InChI is InChI=1S/C91H97N5O32/c1-47(97)113-45-76-78(119-49(3)99)80(121-51(5)101)82(123-53(7)103)88(127-76)125-64-25-21-55(22-26-64)41-117-90(109)95-68-36-74(72(111-11)34-66(68)84(105)93-39-62-19-15-13-17-60(62)32-70(93)86(95)107)115-43-58-29-57(38-92(9)10)30-59(31-58)44-116-75-37-69-67(35-73(75)112-12)85(106)94-40-63-20-16-14-18-61(63)33-71(94)87(108)96(69)91(110)118-42-56-23-27-65(28-24-56)126-89-83(124-54(8)104)81(122-52(6)102)79(120-50(4)100)77(128-89)46-114-48(2)98/h13-31,34-37,70-71,76-83,86-89,107-108H,32-33,38-46H2,1-12H3/t70-,71-,76?,77?,78?,79?,80?,81?,82+,83+,86-,87?,88?,89?/m0/s1. The van der Waals surface area contributed by atoms with Gasteiger partial charge in [-0.1, -0.05) is 84.9 Å². The summed E-state index contributed by atoms with van der Waals surface area (Å²) in [4.78, 5) is 166. The van der Waals surface area contributed by atoms with Gasteiger partial charge in [0.05, 0.1) is 48.8 Å². The van der Waals surface area contributed by atoms with Crippen molar-refractivity contribution in [3.05, 3.63) is 201 Å². The molecule has 7 aromatic rings. The van der Waals surface area contributed by atoms with E-state index < -0.39 is 184 Å². The van der Waals surface area contributed by atoms with Crippen LogP contribution in [0.3, 0.4) is 0 Å². The quantitative estimate of drug-likeness (QED) is 0.0347. The summed E-state index contributed by atoms with van der Waals surface area (Å²) < 4.78 is 106. The maximum atomic E-state index is 15.2. The smallest absolute Gasteiger partial charge is 0.416 e. The highest BCUT2D eigenvalue weighted by molar-refractivity contribution is 6.07. The average molecular weight is 1770 g/mol. The van der Waals surface area contributed by atoms with E-state index in [1.807, 2.05) is 85.7 Å². The van der Waals surface area contributed by atoms with Gasteiger partial charge in [-0.2, -0.15) is 0 Å². The lowest BCUT2D eigenvalue weighted by Gasteiger charge is -2.43. The molecule has 7 aromatic carbocycles. The second-order valence-electron chi connectivity index (χ2n) is 31.3. The van der Waals surface area contributed by atoms with Crippen LogP contribution < -0.4 is 38.2 Å². The summed E-state index contributed by atoms with van der Waals surface area (Å²) in [5.74, 6) is -7.07. The van der Waals surface area contributed by atoms with Gasteiger partial charge in [0.15, 0.2) is 59.9 Å². The molecule has 0 aromatic heterocycles. The molecule has 0 saturated carbocycles. The molecule has 2 N–H and O–H groups in total. The van der Waals surface area contributed by atoms with Crippen LogP contribution in [0.5, 0.6) is 34.5 Å². The molecular formula is C91H97N5O32. The number of fused-ring (bicyclic) bond motifs is 6. The Hall–Kier alpha value is -13.6. The Kier molecular flexibility index (Phi) is 29.0. The second-order valence-corrected chi connectivity index (χ2v) is 31.3. The highest BCUT2D eigenvalue weighted by Crippen LogP contribution is 2.46. The van der Waals surface area contributed by atoms with Crippen molar-refractivity contribution in [1.29, 1.82) is 0 Å². The molecule has 678 valence electrons. The van der Waals surface area contributed by atoms with Crippen molar-refractivity contribution in [2.45, 2.75) is 200 Å². The minimum atomic E-state index is -1.72. The van der Waals surface area contributed by atoms with Gasteiger partial charge in [0.1, 0.15) is 63.3 Å². The van der Waals surface area contributed by atoms with Gasteiger partial charge in [0.25, 0.3) is 11.8 Å². The summed E-state index contributed by atoms with van der Waals surface area (Å²) in [6.45, 7) is 7.22. The zero-order chi connectivity index (χ0) is 91.6. The number of anilines is 2. The van der Waals surface area contributed by atoms with Gasteiger partial charge in [-0.15, -0.1) is 0 Å². The molecule has 9 unspecified atom stereocenters. The topological polar surface area (TPSA) is 428 Å². The van der Waals surface area contributed by atoms with Gasteiger partial charge < -0.3 is 110 Å². The Morgan fingerprint density at radius 3 is 1.08 bits per heavy atom. The van der Waals surface area contributed by atoms with Crippen LogP contribution in [-0.2, 0) is 154 Å². The van der Waals surface area contributed by atoms with Crippen LogP contribution >= 0.6 is 0 Å². The normalized spacial score (nSPS) is 22.5. The molecule has 6 heterocycles. The van der Waals surface area contributed by atoms with Crippen LogP contribution in [0.25, 0.3) is 0 Å². The predicted octanol–water partition coefficient (Wildman–Crippen LogP) is 7.93. The number of esters is 8. The van der Waals surface area contributed by atoms with Gasteiger partial charge >= 0.3 is 59.9 Å². The maximum absolute atomic E-state index is 15.2. The van der Waals surface area contributed by atoms with E-state index in [-0.39, 0.29) is 96.1 Å². The van der Waals surface area contributed by atoms with E-state index in [1.54, 1.807) is 0 Å². The van der Waals surface area contributed by atoms with Crippen molar-refractivity contribution in [2.24, 2.45) is 0 Å². The van der Waals surface area contributed by atoms with Gasteiger partial charge in [-0.05, 0) is 119 Å². The fraction of sp³-hybridized carbons (Fsp3) is 0.407. The van der Waals surface area contributed by atoms with Crippen LogP contribution in [0, 0.1) is 0 Å². The number of methoxy groups -OCH3 is 2. The molecule has 14 atom stereocenters. The van der Waals surface area contributed by atoms with Crippen molar-refractivity contribution < 1.29 is 153 Å². The number of hydrogen-bond donors (Lipinski definition) is 2. The molecule has 6 aliphatic heterocycles. The Bertz CT molecular complexity index is 5040. The first-order chi connectivity index (χ1) is 61.2. The van der Waals surface area contributed by atoms with E-state index in [4.69, 9.17) is 85.3 Å². The zero-order valence-corrected chi connectivity index (χ0v) is 72.0. The predicted molar refractivity (Wildman–Crippen MR) is 441 cm³/mol. The highest BCUT2D eigenvalue weighted by Gasteiger charge is 2.56. The molecule has 0 spiro atoms. The third-order valence-electron chi connectivity index (χ3n) is 21.6. The Morgan fingerprint density at radius 1 is 0.391 bits per heavy atom. The lowest BCUT2D eigenvalue weighted by atomic mass is 9.93. The number of ether oxygens (including phenoxy) is 18. The number of amides is 4. The van der Waals surface area contributed by atoms with E-state index in [2.05, 4.69) is 0 Å². The molecule has 37 heteroatoms. The number of carbonyl (C=O) groups excluding carboxylic acids is 12. The zero-order valence-electron chi connectivity index (χ0n) is 72.0. The molecule has 128 heavy (non-hydrogen) atoms. The lowest BCUT2D eigenvalue weighted by molar-refractivity contribution is -0.288. The molecule has 0 radical (unpaired) electrons. The minimum absolute atomic E-state index is 0.0357. The second kappa shape index (κ2) is 40.4. The number of nitrogens with zero attached hydrogens (tertiary/aromatic N) is 5. The lowest BCUT2D eigenvalue weighted by Crippen LogP contribution is -2.63. The van der Waals surface area contributed by atoms with Crippen LogP contribution in [-0.4, -0.2) is 224 Å². The van der Waals surface area contributed by atoms with Crippen LogP contribution in [0.4, 0.5) is 21.0 Å². The first-order valence-electron chi connectivity index (χ1n) is 40.8. The average Bonchev–Trinajstić information content (AvgIpc) is 1.59. The van der Waals surface area contributed by atoms with Crippen molar-refractivity contribution in [1.82, 2.24) is 14.7 Å². The maximum Gasteiger partial charge on any atom is 0.416 e. The number of benzene rings is 7. The number of aliphatic hydroxyl groups is 2. The number of aliphatic hydroxyl groups excluding tert-OH is 2. The first-order valence-corrected chi connectivity index (χ1v) is 40.8. The Labute approximate surface area is 734 Å². The van der Waals surface area contributed by atoms with Crippen molar-refractivity contribution >= 4 is 83.1 Å². The molecule has 6 aliphatic rings. The summed E-state index contributed by atoms with van der Waals surface area (Å²) in [5, 5.41) is 25.4. The first kappa shape index (κ1) is 92.1. The van der Waals surface area contributed by atoms with Gasteiger partial charge in [-0.3, -0.25) is 47.9 Å². The van der Waals surface area contributed by atoms with Gasteiger partial charge in [-0.25, -0.2) is 19.4 Å². The number of hydrogen-bond acceptors (Lipinski definition) is 33. The molecular weight excluding hydrogens is 1680 g/mol. The van der Waals surface area contributed by atoms with Crippen LogP contribution in [0.2, 0.25) is 0 Å². The van der Waals surface area contributed by atoms with Crippen LogP contribution in [0.1, 0.15) is 126 Å². The molecule has 0 bridgehead atoms. The Morgan fingerprint density at radius 2 is 0.734 bits per heavy atom.